The SMILES string of the molecule is C#CCn1c(/C=C\C)c(C=C)c2ccnc(CNCCCCN)c21. The summed E-state index contributed by atoms with van der Waals surface area (Å²) in [6.45, 7) is 8.86. The molecule has 126 valence electrons. The van der Waals surface area contributed by atoms with E-state index in [9.17, 15) is 0 Å². The minimum absolute atomic E-state index is 0.510. The molecule has 0 atom stereocenters. The van der Waals surface area contributed by atoms with Gasteiger partial charge >= 0.3 is 0 Å². The Morgan fingerprint density at radius 3 is 2.96 bits per heavy atom. The summed E-state index contributed by atoms with van der Waals surface area (Å²) in [6, 6.07) is 2.03. The van der Waals surface area contributed by atoms with Crippen LogP contribution >= 0.6 is 0 Å². The van der Waals surface area contributed by atoms with Crippen molar-refractivity contribution in [2.24, 2.45) is 5.73 Å². The van der Waals surface area contributed by atoms with E-state index in [1.807, 2.05) is 31.3 Å². The number of nitrogens with zero attached hydrogens (tertiary/aromatic N) is 2. The molecule has 0 unspecified atom stereocenters. The first-order chi connectivity index (χ1) is 11.8. The van der Waals surface area contributed by atoms with Gasteiger partial charge in [0.1, 0.15) is 0 Å². The zero-order valence-corrected chi connectivity index (χ0v) is 14.4. The molecular formula is C20H26N4. The van der Waals surface area contributed by atoms with E-state index in [2.05, 4.69) is 33.4 Å². The number of terminal acetylenes is 1. The molecule has 2 rings (SSSR count). The zero-order chi connectivity index (χ0) is 17.4. The van der Waals surface area contributed by atoms with Gasteiger partial charge in [-0.05, 0) is 45.0 Å². The van der Waals surface area contributed by atoms with Crippen molar-refractivity contribution in [1.82, 2.24) is 14.9 Å². The van der Waals surface area contributed by atoms with Crippen LogP contribution in [0.1, 0.15) is 36.7 Å². The fourth-order valence-corrected chi connectivity index (χ4v) is 2.96. The molecule has 0 fully saturated rings. The number of unbranched alkanes of at least 4 members (excludes halogenated alkanes) is 1. The van der Waals surface area contributed by atoms with Gasteiger partial charge in [-0.2, -0.15) is 0 Å². The Hall–Kier alpha value is -2.35. The molecule has 0 bridgehead atoms. The Labute approximate surface area is 144 Å². The number of nitrogens with two attached hydrogens (primary N) is 1. The fraction of sp³-hybridized carbons (Fsp3) is 0.350. The maximum absolute atomic E-state index is 5.60. The Morgan fingerprint density at radius 2 is 2.29 bits per heavy atom. The second-order valence-corrected chi connectivity index (χ2v) is 5.62. The maximum atomic E-state index is 5.60. The number of rotatable bonds is 9. The molecule has 2 heterocycles. The lowest BCUT2D eigenvalue weighted by molar-refractivity contribution is 0.621. The first kappa shape index (κ1) is 18.0. The van der Waals surface area contributed by atoms with Gasteiger partial charge in [0.2, 0.25) is 0 Å². The van der Waals surface area contributed by atoms with Gasteiger partial charge in [0.15, 0.2) is 0 Å². The molecule has 0 aliphatic heterocycles. The van der Waals surface area contributed by atoms with Crippen LogP contribution in [-0.4, -0.2) is 22.6 Å². The van der Waals surface area contributed by atoms with E-state index in [0.29, 0.717) is 13.1 Å². The van der Waals surface area contributed by atoms with Crippen molar-refractivity contribution < 1.29 is 0 Å². The molecule has 0 saturated heterocycles. The highest BCUT2D eigenvalue weighted by atomic mass is 15.0. The smallest absolute Gasteiger partial charge is 0.0841 e. The van der Waals surface area contributed by atoms with E-state index < -0.39 is 0 Å². The van der Waals surface area contributed by atoms with E-state index in [4.69, 9.17) is 12.2 Å². The normalized spacial score (nSPS) is 11.2. The van der Waals surface area contributed by atoms with Gasteiger partial charge in [-0.25, -0.2) is 0 Å². The third kappa shape index (κ3) is 3.76. The van der Waals surface area contributed by atoms with Crippen molar-refractivity contribution in [1.29, 1.82) is 0 Å². The van der Waals surface area contributed by atoms with Crippen molar-refractivity contribution in [2.45, 2.75) is 32.9 Å². The number of hydrogen-bond acceptors (Lipinski definition) is 3. The summed E-state index contributed by atoms with van der Waals surface area (Å²) < 4.78 is 2.15. The van der Waals surface area contributed by atoms with Crippen LogP contribution in [0.15, 0.2) is 24.9 Å². The van der Waals surface area contributed by atoms with Crippen LogP contribution in [-0.2, 0) is 13.1 Å². The Bertz CT molecular complexity index is 762. The van der Waals surface area contributed by atoms with E-state index in [-0.39, 0.29) is 0 Å². The van der Waals surface area contributed by atoms with Crippen LogP contribution in [0, 0.1) is 12.3 Å². The van der Waals surface area contributed by atoms with Gasteiger partial charge in [0, 0.05) is 29.4 Å². The Morgan fingerprint density at radius 1 is 1.46 bits per heavy atom. The largest absolute Gasteiger partial charge is 0.330 e. The molecule has 0 spiro atoms. The van der Waals surface area contributed by atoms with Gasteiger partial charge in [-0.15, -0.1) is 6.42 Å². The van der Waals surface area contributed by atoms with E-state index in [0.717, 1.165) is 53.8 Å². The predicted octanol–water partition coefficient (Wildman–Crippen LogP) is 3.17. The van der Waals surface area contributed by atoms with Crippen LogP contribution in [0.2, 0.25) is 0 Å². The highest BCUT2D eigenvalue weighted by molar-refractivity contribution is 5.95. The molecule has 2 aromatic rings. The molecule has 0 saturated carbocycles. The standard InChI is InChI=1S/C20H26N4/c1-4-9-19-16(6-3)17-10-13-23-18(15-22-12-8-7-11-21)20(17)24(19)14-5-2/h2,4,6,9-10,13,22H,3,7-8,11-12,14-15,21H2,1H3/b9-4-. The average molecular weight is 322 g/mol. The fourth-order valence-electron chi connectivity index (χ4n) is 2.96. The highest BCUT2D eigenvalue weighted by Crippen LogP contribution is 2.30. The lowest BCUT2D eigenvalue weighted by Gasteiger charge is -2.09. The third-order valence-corrected chi connectivity index (χ3v) is 4.01. The van der Waals surface area contributed by atoms with Crippen molar-refractivity contribution in [2.75, 3.05) is 13.1 Å². The second-order valence-electron chi connectivity index (χ2n) is 5.62. The molecule has 4 nitrogen and oxygen atoms in total. The van der Waals surface area contributed by atoms with Gasteiger partial charge in [0.25, 0.3) is 0 Å². The quantitative estimate of drug-likeness (QED) is 0.551. The van der Waals surface area contributed by atoms with Crippen molar-refractivity contribution in [3.63, 3.8) is 0 Å². The molecule has 3 N–H and O–H groups in total. The number of hydrogen-bond donors (Lipinski definition) is 2. The number of allylic oxidation sites excluding steroid dienone is 1. The van der Waals surface area contributed by atoms with Crippen LogP contribution in [0.5, 0.6) is 0 Å². The monoisotopic (exact) mass is 322 g/mol. The summed E-state index contributed by atoms with van der Waals surface area (Å²) >= 11 is 0. The third-order valence-electron chi connectivity index (χ3n) is 4.01. The van der Waals surface area contributed by atoms with Crippen LogP contribution in [0.4, 0.5) is 0 Å². The molecule has 0 aromatic carbocycles. The average Bonchev–Trinajstić information content (AvgIpc) is 2.89. The molecular weight excluding hydrogens is 296 g/mol. The topological polar surface area (TPSA) is 55.9 Å². The van der Waals surface area contributed by atoms with Gasteiger partial charge < -0.3 is 15.6 Å². The van der Waals surface area contributed by atoms with Crippen molar-refractivity contribution in [3.8, 4) is 12.3 Å². The van der Waals surface area contributed by atoms with E-state index >= 15 is 0 Å². The first-order valence-electron chi connectivity index (χ1n) is 8.37. The van der Waals surface area contributed by atoms with Gasteiger partial charge in [-0.3, -0.25) is 4.98 Å². The van der Waals surface area contributed by atoms with Crippen LogP contribution in [0.3, 0.4) is 0 Å². The second kappa shape index (κ2) is 9.07. The van der Waals surface area contributed by atoms with Gasteiger partial charge in [-0.1, -0.05) is 24.7 Å². The summed E-state index contributed by atoms with van der Waals surface area (Å²) in [4.78, 5) is 4.58. The number of fused-ring (bicyclic) bond motifs is 1. The number of nitrogens with one attached hydrogen (secondary N) is 1. The Balaban J connectivity index is 2.45. The molecule has 0 radical (unpaired) electrons. The summed E-state index contributed by atoms with van der Waals surface area (Å²) in [5.41, 5.74) is 9.81. The highest BCUT2D eigenvalue weighted by Gasteiger charge is 2.16. The van der Waals surface area contributed by atoms with E-state index in [1.165, 1.54) is 0 Å². The number of aromatic nitrogens is 2. The molecule has 2 aromatic heterocycles. The van der Waals surface area contributed by atoms with Crippen molar-refractivity contribution in [3.05, 3.63) is 41.9 Å². The maximum Gasteiger partial charge on any atom is 0.0841 e. The molecule has 0 aliphatic rings. The first-order valence-corrected chi connectivity index (χ1v) is 8.37. The van der Waals surface area contributed by atoms with Gasteiger partial charge in [0.05, 0.1) is 17.8 Å². The summed E-state index contributed by atoms with van der Waals surface area (Å²) in [7, 11) is 0. The van der Waals surface area contributed by atoms with Crippen LogP contribution in [0.25, 0.3) is 23.1 Å². The van der Waals surface area contributed by atoms with Crippen LogP contribution < -0.4 is 11.1 Å². The number of pyridine rings is 1. The van der Waals surface area contributed by atoms with E-state index in [1.54, 1.807) is 0 Å². The predicted molar refractivity (Wildman–Crippen MR) is 103 cm³/mol. The summed E-state index contributed by atoms with van der Waals surface area (Å²) in [6.07, 6.45) is 15.5. The Kier molecular flexibility index (Phi) is 6.80. The summed E-state index contributed by atoms with van der Waals surface area (Å²) in [5.74, 6) is 2.76. The van der Waals surface area contributed by atoms with Crippen molar-refractivity contribution >= 4 is 23.1 Å². The zero-order valence-electron chi connectivity index (χ0n) is 14.4. The minimum Gasteiger partial charge on any atom is -0.330 e. The molecule has 0 amide bonds. The molecule has 24 heavy (non-hydrogen) atoms. The lowest BCUT2D eigenvalue weighted by Crippen LogP contribution is -2.17. The lowest BCUT2D eigenvalue weighted by atomic mass is 10.1. The molecule has 0 aliphatic carbocycles. The minimum atomic E-state index is 0.510. The summed E-state index contributed by atoms with van der Waals surface area (Å²) in [5, 5.41) is 4.59. The molecule has 4 heteroatoms.